The van der Waals surface area contributed by atoms with E-state index in [0.29, 0.717) is 12.1 Å². The number of pyridine rings is 1. The van der Waals surface area contributed by atoms with Gasteiger partial charge in [-0.2, -0.15) is 0 Å². The molecule has 1 aliphatic heterocycles. The second-order valence-corrected chi connectivity index (χ2v) is 6.02. The first kappa shape index (κ1) is 12.4. The van der Waals surface area contributed by atoms with Crippen molar-refractivity contribution in [3.8, 4) is 0 Å². The van der Waals surface area contributed by atoms with Crippen LogP contribution in [-0.2, 0) is 11.3 Å². The fourth-order valence-corrected chi connectivity index (χ4v) is 3.32. The SMILES string of the molecule is Cc1nc2ccccn2c1CNC1CCOC1C1CC1. The van der Waals surface area contributed by atoms with Crippen LogP contribution in [0.15, 0.2) is 24.4 Å². The minimum atomic E-state index is 0.439. The van der Waals surface area contributed by atoms with Crippen LogP contribution < -0.4 is 5.32 Å². The van der Waals surface area contributed by atoms with Gasteiger partial charge < -0.3 is 14.5 Å². The second-order valence-electron chi connectivity index (χ2n) is 6.02. The molecule has 4 heteroatoms. The number of aromatic nitrogens is 2. The summed E-state index contributed by atoms with van der Waals surface area (Å²) in [5, 5.41) is 3.70. The summed E-state index contributed by atoms with van der Waals surface area (Å²) in [6.45, 7) is 3.87. The zero-order chi connectivity index (χ0) is 13.5. The van der Waals surface area contributed by atoms with Gasteiger partial charge in [-0.3, -0.25) is 0 Å². The van der Waals surface area contributed by atoms with Gasteiger partial charge in [-0.15, -0.1) is 0 Å². The fraction of sp³-hybridized carbons (Fsp3) is 0.562. The molecule has 2 aliphatic rings. The van der Waals surface area contributed by atoms with Crippen molar-refractivity contribution < 1.29 is 4.74 Å². The molecular formula is C16H21N3O. The molecular weight excluding hydrogens is 250 g/mol. The van der Waals surface area contributed by atoms with E-state index in [1.807, 2.05) is 6.07 Å². The van der Waals surface area contributed by atoms with E-state index in [-0.39, 0.29) is 0 Å². The normalized spacial score (nSPS) is 26.4. The molecule has 4 nitrogen and oxygen atoms in total. The van der Waals surface area contributed by atoms with Gasteiger partial charge >= 0.3 is 0 Å². The van der Waals surface area contributed by atoms with Gasteiger partial charge in [0.15, 0.2) is 0 Å². The first-order valence-electron chi connectivity index (χ1n) is 7.60. The number of ether oxygens (including phenoxy) is 1. The third kappa shape index (κ3) is 2.13. The summed E-state index contributed by atoms with van der Waals surface area (Å²) in [7, 11) is 0. The van der Waals surface area contributed by atoms with Gasteiger partial charge in [0.25, 0.3) is 0 Å². The van der Waals surface area contributed by atoms with Gasteiger partial charge in [0.2, 0.25) is 0 Å². The van der Waals surface area contributed by atoms with Gasteiger partial charge in [-0.05, 0) is 44.2 Å². The van der Waals surface area contributed by atoms with Crippen molar-refractivity contribution in [1.29, 1.82) is 0 Å². The molecule has 0 bridgehead atoms. The fourth-order valence-electron chi connectivity index (χ4n) is 3.32. The van der Waals surface area contributed by atoms with E-state index in [4.69, 9.17) is 4.74 Å². The Morgan fingerprint density at radius 1 is 1.35 bits per heavy atom. The molecule has 106 valence electrons. The van der Waals surface area contributed by atoms with Crippen LogP contribution >= 0.6 is 0 Å². The summed E-state index contributed by atoms with van der Waals surface area (Å²) in [6, 6.07) is 6.66. The Morgan fingerprint density at radius 3 is 3.10 bits per heavy atom. The van der Waals surface area contributed by atoms with Gasteiger partial charge in [0, 0.05) is 25.4 Å². The first-order chi connectivity index (χ1) is 9.83. The van der Waals surface area contributed by atoms with Gasteiger partial charge in [0.05, 0.1) is 17.5 Å². The van der Waals surface area contributed by atoms with Crippen LogP contribution in [0.25, 0.3) is 5.65 Å². The second kappa shape index (κ2) is 4.86. The van der Waals surface area contributed by atoms with Crippen molar-refractivity contribution in [2.24, 2.45) is 5.92 Å². The Bertz CT molecular complexity index is 617. The summed E-state index contributed by atoms with van der Waals surface area (Å²) < 4.78 is 8.08. The number of fused-ring (bicyclic) bond motifs is 1. The highest BCUT2D eigenvalue weighted by Crippen LogP contribution is 2.38. The Kier molecular flexibility index (Phi) is 3.00. The standard InChI is InChI=1S/C16H21N3O/c1-11-14(19-8-3-2-4-15(19)18-11)10-17-13-7-9-20-16(13)12-5-6-12/h2-4,8,12-13,16-17H,5-7,9-10H2,1H3. The average Bonchev–Trinajstić information content (AvgIpc) is 3.10. The van der Waals surface area contributed by atoms with E-state index < -0.39 is 0 Å². The molecule has 0 radical (unpaired) electrons. The third-order valence-electron chi connectivity index (χ3n) is 4.58. The van der Waals surface area contributed by atoms with E-state index in [9.17, 15) is 0 Å². The molecule has 2 atom stereocenters. The lowest BCUT2D eigenvalue weighted by Gasteiger charge is -2.19. The smallest absolute Gasteiger partial charge is 0.137 e. The molecule has 1 saturated carbocycles. The molecule has 4 rings (SSSR count). The first-order valence-corrected chi connectivity index (χ1v) is 7.60. The summed E-state index contributed by atoms with van der Waals surface area (Å²) in [5.41, 5.74) is 3.41. The number of hydrogen-bond donors (Lipinski definition) is 1. The largest absolute Gasteiger partial charge is 0.376 e. The van der Waals surface area contributed by atoms with E-state index in [1.165, 1.54) is 18.5 Å². The van der Waals surface area contributed by atoms with E-state index in [1.54, 1.807) is 0 Å². The highest BCUT2D eigenvalue weighted by Gasteiger charge is 2.40. The predicted octanol–water partition coefficient (Wildman–Crippen LogP) is 2.30. The molecule has 20 heavy (non-hydrogen) atoms. The highest BCUT2D eigenvalue weighted by atomic mass is 16.5. The molecule has 2 aromatic rings. The number of imidazole rings is 1. The van der Waals surface area contributed by atoms with Gasteiger partial charge in [-0.25, -0.2) is 4.98 Å². The number of aryl methyl sites for hydroxylation is 1. The number of hydrogen-bond acceptors (Lipinski definition) is 3. The van der Waals surface area contributed by atoms with E-state index in [2.05, 4.69) is 40.0 Å². The predicted molar refractivity (Wildman–Crippen MR) is 77.6 cm³/mol. The van der Waals surface area contributed by atoms with Crippen molar-refractivity contribution in [2.45, 2.75) is 44.9 Å². The van der Waals surface area contributed by atoms with E-state index in [0.717, 1.165) is 36.8 Å². The van der Waals surface area contributed by atoms with Crippen molar-refractivity contribution in [2.75, 3.05) is 6.61 Å². The topological polar surface area (TPSA) is 38.6 Å². The Morgan fingerprint density at radius 2 is 2.25 bits per heavy atom. The molecule has 2 fully saturated rings. The minimum absolute atomic E-state index is 0.439. The summed E-state index contributed by atoms with van der Waals surface area (Å²) in [5.74, 6) is 0.804. The number of rotatable bonds is 4. The number of nitrogens with zero attached hydrogens (tertiary/aromatic N) is 2. The zero-order valence-corrected chi connectivity index (χ0v) is 11.9. The van der Waals surface area contributed by atoms with Crippen LogP contribution in [0.4, 0.5) is 0 Å². The zero-order valence-electron chi connectivity index (χ0n) is 11.9. The number of nitrogens with one attached hydrogen (secondary N) is 1. The van der Waals surface area contributed by atoms with E-state index >= 15 is 0 Å². The lowest BCUT2D eigenvalue weighted by atomic mass is 10.1. The van der Waals surface area contributed by atoms with Crippen molar-refractivity contribution in [3.63, 3.8) is 0 Å². The van der Waals surface area contributed by atoms with Crippen LogP contribution in [-0.4, -0.2) is 28.1 Å². The summed E-state index contributed by atoms with van der Waals surface area (Å²) in [4.78, 5) is 4.62. The van der Waals surface area contributed by atoms with Crippen LogP contribution in [0.3, 0.4) is 0 Å². The Hall–Kier alpha value is -1.39. The molecule has 3 heterocycles. The lowest BCUT2D eigenvalue weighted by Crippen LogP contribution is -2.37. The Balaban J connectivity index is 1.51. The maximum atomic E-state index is 5.89. The molecule has 1 saturated heterocycles. The van der Waals surface area contributed by atoms with Crippen LogP contribution in [0.1, 0.15) is 30.7 Å². The molecule has 0 spiro atoms. The molecule has 0 aromatic carbocycles. The van der Waals surface area contributed by atoms with Crippen molar-refractivity contribution >= 4 is 5.65 Å². The molecule has 0 amide bonds. The Labute approximate surface area is 119 Å². The molecule has 1 aliphatic carbocycles. The van der Waals surface area contributed by atoms with Gasteiger partial charge in [0.1, 0.15) is 5.65 Å². The van der Waals surface area contributed by atoms with Crippen molar-refractivity contribution in [3.05, 3.63) is 35.8 Å². The van der Waals surface area contributed by atoms with Crippen LogP contribution in [0.5, 0.6) is 0 Å². The third-order valence-corrected chi connectivity index (χ3v) is 4.58. The van der Waals surface area contributed by atoms with Crippen molar-refractivity contribution in [1.82, 2.24) is 14.7 Å². The van der Waals surface area contributed by atoms with Gasteiger partial charge in [-0.1, -0.05) is 6.07 Å². The summed E-state index contributed by atoms with van der Waals surface area (Å²) in [6.07, 6.45) is 6.36. The maximum absolute atomic E-state index is 5.89. The highest BCUT2D eigenvalue weighted by molar-refractivity contribution is 5.42. The quantitative estimate of drug-likeness (QED) is 0.927. The lowest BCUT2D eigenvalue weighted by molar-refractivity contribution is 0.0808. The maximum Gasteiger partial charge on any atom is 0.137 e. The van der Waals surface area contributed by atoms with Crippen LogP contribution in [0, 0.1) is 12.8 Å². The summed E-state index contributed by atoms with van der Waals surface area (Å²) >= 11 is 0. The average molecular weight is 271 g/mol. The molecule has 2 unspecified atom stereocenters. The monoisotopic (exact) mass is 271 g/mol. The van der Waals surface area contributed by atoms with Crippen LogP contribution in [0.2, 0.25) is 0 Å². The molecule has 1 N–H and O–H groups in total. The molecule has 2 aromatic heterocycles. The minimum Gasteiger partial charge on any atom is -0.376 e.